The molecule has 3 unspecified atom stereocenters. The van der Waals surface area contributed by atoms with Gasteiger partial charge < -0.3 is 14.4 Å². The van der Waals surface area contributed by atoms with Crippen LogP contribution in [-0.2, 0) is 9.47 Å². The number of nitrogens with zero attached hydrogens (tertiary/aromatic N) is 3. The van der Waals surface area contributed by atoms with Gasteiger partial charge in [-0.2, -0.15) is 5.10 Å². The predicted octanol–water partition coefficient (Wildman–Crippen LogP) is 3.12. The average molecular weight is 387 g/mol. The highest BCUT2D eigenvalue weighted by molar-refractivity contribution is 5.95. The molecule has 28 heavy (non-hydrogen) atoms. The van der Waals surface area contributed by atoms with Gasteiger partial charge in [0.15, 0.2) is 0 Å². The van der Waals surface area contributed by atoms with Gasteiger partial charge in [-0.05, 0) is 39.0 Å². The molecule has 2 aliphatic heterocycles. The maximum absolute atomic E-state index is 13.5. The summed E-state index contributed by atoms with van der Waals surface area (Å²) in [5, 5.41) is 4.42. The summed E-state index contributed by atoms with van der Waals surface area (Å²) in [4.78, 5) is 15.2. The minimum absolute atomic E-state index is 0.0402. The summed E-state index contributed by atoms with van der Waals surface area (Å²) in [5.41, 5.74) is 1.40. The number of rotatable bonds is 2. The monoisotopic (exact) mass is 387 g/mol. The number of aryl methyl sites for hydroxylation is 1. The van der Waals surface area contributed by atoms with Gasteiger partial charge in [0.25, 0.3) is 5.91 Å². The Morgan fingerprint density at radius 3 is 2.89 bits per heavy atom. The van der Waals surface area contributed by atoms with Crippen molar-refractivity contribution in [2.75, 3.05) is 19.7 Å². The molecule has 1 aromatic carbocycles. The molecule has 6 nitrogen and oxygen atoms in total. The minimum Gasteiger partial charge on any atom is -0.378 e. The molecule has 2 saturated heterocycles. The van der Waals surface area contributed by atoms with Gasteiger partial charge >= 0.3 is 0 Å². The SMILES string of the molecule is Cc1nn(-c2cccc(F)c2)cc1C(=O)N1CC(C)OC2(CCOC(C)C2)C1. The van der Waals surface area contributed by atoms with Crippen molar-refractivity contribution in [1.82, 2.24) is 14.7 Å². The fraction of sp³-hybridized carbons (Fsp3) is 0.524. The van der Waals surface area contributed by atoms with Crippen molar-refractivity contribution in [3.05, 3.63) is 47.5 Å². The van der Waals surface area contributed by atoms with Crippen molar-refractivity contribution >= 4 is 5.91 Å². The first kappa shape index (κ1) is 19.1. The summed E-state index contributed by atoms with van der Waals surface area (Å²) in [6.45, 7) is 7.59. The summed E-state index contributed by atoms with van der Waals surface area (Å²) in [6, 6.07) is 6.17. The third-order valence-electron chi connectivity index (χ3n) is 5.52. The lowest BCUT2D eigenvalue weighted by molar-refractivity contribution is -0.189. The molecule has 150 valence electrons. The molecule has 1 amide bonds. The first-order chi connectivity index (χ1) is 13.3. The van der Waals surface area contributed by atoms with E-state index in [1.165, 1.54) is 12.1 Å². The summed E-state index contributed by atoms with van der Waals surface area (Å²) in [5.74, 6) is -0.398. The molecule has 2 aromatic rings. The zero-order valence-corrected chi connectivity index (χ0v) is 16.5. The standard InChI is InChI=1S/C21H26FN3O3/c1-14-10-21(7-8-27-14)13-24(11-15(2)28-21)20(26)19-12-25(23-16(19)3)18-6-4-5-17(22)9-18/h4-6,9,12,14-15H,7-8,10-11,13H2,1-3H3. The van der Waals surface area contributed by atoms with E-state index in [1.54, 1.807) is 29.9 Å². The van der Waals surface area contributed by atoms with Crippen molar-refractivity contribution < 1.29 is 18.7 Å². The Morgan fingerprint density at radius 2 is 2.14 bits per heavy atom. The predicted molar refractivity (Wildman–Crippen MR) is 102 cm³/mol. The molecule has 3 atom stereocenters. The first-order valence-electron chi connectivity index (χ1n) is 9.76. The number of aromatic nitrogens is 2. The van der Waals surface area contributed by atoms with E-state index in [4.69, 9.17) is 9.47 Å². The van der Waals surface area contributed by atoms with Gasteiger partial charge in [0.1, 0.15) is 5.82 Å². The zero-order chi connectivity index (χ0) is 19.9. The third kappa shape index (κ3) is 3.69. The lowest BCUT2D eigenvalue weighted by atomic mass is 9.88. The van der Waals surface area contributed by atoms with Crippen LogP contribution in [0.4, 0.5) is 4.39 Å². The van der Waals surface area contributed by atoms with Gasteiger partial charge in [-0.15, -0.1) is 0 Å². The van der Waals surface area contributed by atoms with Crippen LogP contribution < -0.4 is 0 Å². The van der Waals surface area contributed by atoms with Gasteiger partial charge in [-0.25, -0.2) is 9.07 Å². The highest BCUT2D eigenvalue weighted by Gasteiger charge is 2.44. The van der Waals surface area contributed by atoms with Crippen LogP contribution in [-0.4, -0.2) is 58.1 Å². The molecule has 3 heterocycles. The maximum atomic E-state index is 13.5. The van der Waals surface area contributed by atoms with Crippen LogP contribution in [0.1, 0.15) is 42.7 Å². The largest absolute Gasteiger partial charge is 0.378 e. The maximum Gasteiger partial charge on any atom is 0.257 e. The minimum atomic E-state index is -0.350. The molecule has 0 bridgehead atoms. The molecular formula is C21H26FN3O3. The Morgan fingerprint density at radius 1 is 1.32 bits per heavy atom. The topological polar surface area (TPSA) is 56.6 Å². The third-order valence-corrected chi connectivity index (χ3v) is 5.52. The van der Waals surface area contributed by atoms with Crippen molar-refractivity contribution in [1.29, 1.82) is 0 Å². The quantitative estimate of drug-likeness (QED) is 0.795. The first-order valence-corrected chi connectivity index (χ1v) is 9.76. The number of benzene rings is 1. The summed E-state index contributed by atoms with van der Waals surface area (Å²) in [7, 11) is 0. The second kappa shape index (κ2) is 7.29. The van der Waals surface area contributed by atoms with Crippen molar-refractivity contribution in [2.24, 2.45) is 0 Å². The van der Waals surface area contributed by atoms with Crippen LogP contribution in [0.25, 0.3) is 5.69 Å². The molecule has 0 aliphatic carbocycles. The highest BCUT2D eigenvalue weighted by Crippen LogP contribution is 2.34. The van der Waals surface area contributed by atoms with E-state index in [9.17, 15) is 9.18 Å². The van der Waals surface area contributed by atoms with Crippen LogP contribution in [0.5, 0.6) is 0 Å². The molecule has 2 fully saturated rings. The Hall–Kier alpha value is -2.25. The van der Waals surface area contributed by atoms with E-state index in [1.807, 2.05) is 18.7 Å². The number of carbonyl (C=O) groups excluding carboxylic acids is 1. The van der Waals surface area contributed by atoms with Crippen LogP contribution >= 0.6 is 0 Å². The molecule has 1 aromatic heterocycles. The molecule has 7 heteroatoms. The van der Waals surface area contributed by atoms with Crippen LogP contribution in [0.2, 0.25) is 0 Å². The number of morpholine rings is 1. The van der Waals surface area contributed by atoms with E-state index < -0.39 is 0 Å². The van der Waals surface area contributed by atoms with Crippen molar-refractivity contribution in [3.8, 4) is 5.69 Å². The Balaban J connectivity index is 1.59. The Kier molecular flexibility index (Phi) is 4.97. The summed E-state index contributed by atoms with van der Waals surface area (Å²) < 4.78 is 27.1. The van der Waals surface area contributed by atoms with Crippen molar-refractivity contribution in [2.45, 2.75) is 51.4 Å². The molecule has 0 N–H and O–H groups in total. The number of halogens is 1. The molecule has 1 spiro atoms. The van der Waals surface area contributed by atoms with Crippen LogP contribution in [0.3, 0.4) is 0 Å². The zero-order valence-electron chi connectivity index (χ0n) is 16.5. The summed E-state index contributed by atoms with van der Waals surface area (Å²) >= 11 is 0. The van der Waals surface area contributed by atoms with Gasteiger partial charge in [0.05, 0.1) is 41.3 Å². The lowest BCUT2D eigenvalue weighted by Gasteiger charge is -2.48. The number of hydrogen-bond acceptors (Lipinski definition) is 4. The van der Waals surface area contributed by atoms with E-state index >= 15 is 0 Å². The molecule has 2 aliphatic rings. The second-order valence-corrected chi connectivity index (χ2v) is 7.99. The molecule has 0 saturated carbocycles. The number of hydrogen-bond donors (Lipinski definition) is 0. The van der Waals surface area contributed by atoms with E-state index in [2.05, 4.69) is 5.10 Å². The average Bonchev–Trinajstić information content (AvgIpc) is 3.02. The number of carbonyl (C=O) groups is 1. The van der Waals surface area contributed by atoms with Crippen LogP contribution in [0, 0.1) is 12.7 Å². The summed E-state index contributed by atoms with van der Waals surface area (Å²) in [6.07, 6.45) is 3.33. The van der Waals surface area contributed by atoms with Gasteiger partial charge in [-0.1, -0.05) is 6.07 Å². The number of ether oxygens (including phenoxy) is 2. The molecular weight excluding hydrogens is 361 g/mol. The lowest BCUT2D eigenvalue weighted by Crippen LogP contribution is -2.59. The second-order valence-electron chi connectivity index (χ2n) is 7.99. The number of amides is 1. The van der Waals surface area contributed by atoms with E-state index in [0.717, 1.165) is 12.8 Å². The molecule has 0 radical (unpaired) electrons. The van der Waals surface area contributed by atoms with Crippen molar-refractivity contribution in [3.63, 3.8) is 0 Å². The Labute approximate surface area is 164 Å². The van der Waals surface area contributed by atoms with Gasteiger partial charge in [0, 0.05) is 32.2 Å². The highest BCUT2D eigenvalue weighted by atomic mass is 19.1. The van der Waals surface area contributed by atoms with E-state index in [0.29, 0.717) is 36.6 Å². The fourth-order valence-electron chi connectivity index (χ4n) is 4.35. The van der Waals surface area contributed by atoms with E-state index in [-0.39, 0.29) is 29.5 Å². The van der Waals surface area contributed by atoms with Gasteiger partial charge in [-0.3, -0.25) is 4.79 Å². The molecule has 4 rings (SSSR count). The smallest absolute Gasteiger partial charge is 0.257 e. The van der Waals surface area contributed by atoms with Gasteiger partial charge in [0.2, 0.25) is 0 Å². The Bertz CT molecular complexity index is 880. The fourth-order valence-corrected chi connectivity index (χ4v) is 4.35. The van der Waals surface area contributed by atoms with Crippen LogP contribution in [0.15, 0.2) is 30.5 Å². The normalized spacial score (nSPS) is 27.9.